The highest BCUT2D eigenvalue weighted by Crippen LogP contribution is 1.81. The van der Waals surface area contributed by atoms with Crippen molar-refractivity contribution in [3.05, 3.63) is 0 Å². The second kappa shape index (κ2) is 22.7. The molecule has 0 aromatic heterocycles. The molecule has 0 radical (unpaired) electrons. The van der Waals surface area contributed by atoms with E-state index in [1.807, 2.05) is 0 Å². The van der Waals surface area contributed by atoms with Crippen LogP contribution in [0.25, 0.3) is 0 Å². The predicted octanol–water partition coefficient (Wildman–Crippen LogP) is 3.62. The number of rotatable bonds is 0. The number of aliphatic carboxylic acids is 1. The maximum atomic E-state index is 9.44. The van der Waals surface area contributed by atoms with Gasteiger partial charge in [0.05, 0.1) is 0 Å². The van der Waals surface area contributed by atoms with Crippen LogP contribution in [0.2, 0.25) is 0 Å². The van der Waals surface area contributed by atoms with Crippen molar-refractivity contribution >= 4 is 11.8 Å². The van der Waals surface area contributed by atoms with Crippen LogP contribution in [0.4, 0.5) is 0 Å². The van der Waals surface area contributed by atoms with Crippen LogP contribution in [-0.4, -0.2) is 16.9 Å². The first kappa shape index (κ1) is 29.2. The Labute approximate surface area is 89.5 Å². The fraction of sp³-hybridized carbons (Fsp3) is 0.818. The molecule has 0 bridgehead atoms. The molecule has 1 N–H and O–H groups in total. The summed E-state index contributed by atoms with van der Waals surface area (Å²) >= 11 is 0. The number of ketones is 1. The van der Waals surface area contributed by atoms with E-state index in [1.165, 1.54) is 13.8 Å². The molecule has 0 saturated heterocycles. The molecule has 0 spiro atoms. The van der Waals surface area contributed by atoms with Crippen molar-refractivity contribution in [2.24, 2.45) is 5.92 Å². The Morgan fingerprint density at radius 2 is 0.929 bits per heavy atom. The molecule has 14 heavy (non-hydrogen) atoms. The van der Waals surface area contributed by atoms with E-state index < -0.39 is 5.97 Å². The summed E-state index contributed by atoms with van der Waals surface area (Å²) in [7, 11) is 0. The number of hydrogen-bond acceptors (Lipinski definition) is 2. The molecule has 0 aliphatic carbocycles. The normalized spacial score (nSPS) is 6.21. The van der Waals surface area contributed by atoms with Crippen molar-refractivity contribution in [2.75, 3.05) is 0 Å². The number of hydrogen-bond donors (Lipinski definition) is 1. The van der Waals surface area contributed by atoms with Gasteiger partial charge in [-0.2, -0.15) is 0 Å². The topological polar surface area (TPSA) is 54.4 Å². The monoisotopic (exact) mass is 208 g/mol. The lowest BCUT2D eigenvalue weighted by Crippen LogP contribution is -1.78. The summed E-state index contributed by atoms with van der Waals surface area (Å²) in [5, 5.41) is 7.42. The Balaban J connectivity index is -0.0000000270. The molecule has 0 aromatic carbocycles. The SMILES string of the molecule is C.C.CC(=O)O.CC(C)=O.CC(C)C. The summed E-state index contributed by atoms with van der Waals surface area (Å²) in [5.74, 6) is 0.167. The van der Waals surface area contributed by atoms with Crippen LogP contribution < -0.4 is 0 Å². The van der Waals surface area contributed by atoms with Gasteiger partial charge < -0.3 is 9.90 Å². The Morgan fingerprint density at radius 3 is 0.929 bits per heavy atom. The molecule has 0 aliphatic rings. The van der Waals surface area contributed by atoms with Gasteiger partial charge in [0.2, 0.25) is 0 Å². The number of carbonyl (C=O) groups is 2. The van der Waals surface area contributed by atoms with Crippen molar-refractivity contribution in [2.45, 2.75) is 56.4 Å². The van der Waals surface area contributed by atoms with Crippen molar-refractivity contribution in [3.8, 4) is 0 Å². The second-order valence-corrected chi connectivity index (χ2v) is 3.16. The third-order valence-corrected chi connectivity index (χ3v) is 0. The quantitative estimate of drug-likeness (QED) is 0.661. The minimum Gasteiger partial charge on any atom is -0.481 e. The van der Waals surface area contributed by atoms with E-state index in [-0.39, 0.29) is 20.6 Å². The van der Waals surface area contributed by atoms with E-state index in [0.717, 1.165) is 12.8 Å². The molecule has 0 fully saturated rings. The van der Waals surface area contributed by atoms with Gasteiger partial charge in [-0.3, -0.25) is 4.79 Å². The Morgan fingerprint density at radius 1 is 0.929 bits per heavy atom. The predicted molar refractivity (Wildman–Crippen MR) is 63.6 cm³/mol. The average molecular weight is 208 g/mol. The largest absolute Gasteiger partial charge is 0.481 e. The smallest absolute Gasteiger partial charge is 0.300 e. The molecule has 0 amide bonds. The third-order valence-electron chi connectivity index (χ3n) is 0. The Kier molecular flexibility index (Phi) is 47.5. The highest BCUT2D eigenvalue weighted by molar-refractivity contribution is 5.72. The first-order chi connectivity index (χ1) is 5.20. The molecule has 0 heterocycles. The summed E-state index contributed by atoms with van der Waals surface area (Å²) in [5.41, 5.74) is 0. The molecular weight excluding hydrogens is 180 g/mol. The van der Waals surface area contributed by atoms with Crippen LogP contribution >= 0.6 is 0 Å². The van der Waals surface area contributed by atoms with E-state index in [1.54, 1.807) is 0 Å². The zero-order chi connectivity index (χ0) is 10.7. The van der Waals surface area contributed by atoms with Crippen LogP contribution in [-0.2, 0) is 9.59 Å². The van der Waals surface area contributed by atoms with Gasteiger partial charge in [0.25, 0.3) is 5.97 Å². The third kappa shape index (κ3) is 1550. The zero-order valence-corrected chi connectivity index (χ0v) is 8.84. The van der Waals surface area contributed by atoms with Crippen molar-refractivity contribution in [1.82, 2.24) is 0 Å². The number of Topliss-reactive ketones (excluding diaryl/α,β-unsaturated/α-hetero) is 1. The summed E-state index contributed by atoms with van der Waals surface area (Å²) in [6.45, 7) is 10.6. The fourth-order valence-corrected chi connectivity index (χ4v) is 0. The molecule has 0 saturated carbocycles. The average Bonchev–Trinajstić information content (AvgIpc) is 1.54. The van der Waals surface area contributed by atoms with Crippen LogP contribution in [0.3, 0.4) is 0 Å². The summed E-state index contributed by atoms with van der Waals surface area (Å²) < 4.78 is 0. The molecule has 0 rings (SSSR count). The van der Waals surface area contributed by atoms with Gasteiger partial charge in [0, 0.05) is 6.92 Å². The lowest BCUT2D eigenvalue weighted by molar-refractivity contribution is -0.134. The minimum atomic E-state index is -0.833. The van der Waals surface area contributed by atoms with Gasteiger partial charge in [-0.05, 0) is 19.8 Å². The maximum Gasteiger partial charge on any atom is 0.300 e. The lowest BCUT2D eigenvalue weighted by Gasteiger charge is -1.79. The van der Waals surface area contributed by atoms with E-state index in [2.05, 4.69) is 20.8 Å². The summed E-state index contributed by atoms with van der Waals surface area (Å²) in [6.07, 6.45) is 0. The van der Waals surface area contributed by atoms with E-state index in [9.17, 15) is 4.79 Å². The molecule has 0 aromatic rings. The highest BCUT2D eigenvalue weighted by atomic mass is 16.4. The first-order valence-corrected chi connectivity index (χ1v) is 3.86. The van der Waals surface area contributed by atoms with Gasteiger partial charge >= 0.3 is 0 Å². The number of carboxylic acid groups (broad SMARTS) is 1. The molecular formula is C11H28O3. The van der Waals surface area contributed by atoms with Gasteiger partial charge in [0.15, 0.2) is 0 Å². The van der Waals surface area contributed by atoms with Crippen molar-refractivity contribution in [3.63, 3.8) is 0 Å². The molecule has 3 nitrogen and oxygen atoms in total. The fourth-order valence-electron chi connectivity index (χ4n) is 0. The lowest BCUT2D eigenvalue weighted by atomic mass is 10.3. The minimum absolute atomic E-state index is 0. The van der Waals surface area contributed by atoms with Crippen LogP contribution in [0.15, 0.2) is 0 Å². The van der Waals surface area contributed by atoms with Crippen molar-refractivity contribution < 1.29 is 14.7 Å². The second-order valence-electron chi connectivity index (χ2n) is 3.16. The van der Waals surface area contributed by atoms with Gasteiger partial charge in [-0.15, -0.1) is 0 Å². The zero-order valence-electron chi connectivity index (χ0n) is 8.84. The Bertz CT molecular complexity index is 94.9. The Hall–Kier alpha value is -0.860. The molecule has 0 atom stereocenters. The van der Waals surface area contributed by atoms with E-state index in [0.29, 0.717) is 0 Å². The summed E-state index contributed by atoms with van der Waals surface area (Å²) in [6, 6.07) is 0. The maximum absolute atomic E-state index is 9.44. The molecule has 90 valence electrons. The summed E-state index contributed by atoms with van der Waals surface area (Å²) in [4.78, 5) is 18.4. The van der Waals surface area contributed by atoms with Crippen molar-refractivity contribution in [1.29, 1.82) is 0 Å². The number of carbonyl (C=O) groups excluding carboxylic acids is 1. The first-order valence-electron chi connectivity index (χ1n) is 3.86. The number of carboxylic acids is 1. The van der Waals surface area contributed by atoms with Crippen LogP contribution in [0, 0.1) is 5.92 Å². The van der Waals surface area contributed by atoms with Crippen LogP contribution in [0.5, 0.6) is 0 Å². The standard InChI is InChI=1S/C4H10.C3H6O.C2H4O2.2CH4/c1-4(2)3;1-3(2)4;1-2(3)4;;/h4H,1-3H3;1-2H3;1H3,(H,3,4);2*1H4. The van der Waals surface area contributed by atoms with Crippen LogP contribution in [0.1, 0.15) is 56.4 Å². The van der Waals surface area contributed by atoms with E-state index >= 15 is 0 Å². The highest BCUT2D eigenvalue weighted by Gasteiger charge is 1.68. The molecule has 0 unspecified atom stereocenters. The van der Waals surface area contributed by atoms with Gasteiger partial charge in [0.1, 0.15) is 5.78 Å². The van der Waals surface area contributed by atoms with Gasteiger partial charge in [-0.1, -0.05) is 35.6 Å². The molecule has 3 heteroatoms. The van der Waals surface area contributed by atoms with E-state index in [4.69, 9.17) is 9.90 Å². The molecule has 0 aliphatic heterocycles. The van der Waals surface area contributed by atoms with Gasteiger partial charge in [-0.25, -0.2) is 0 Å².